The highest BCUT2D eigenvalue weighted by Crippen LogP contribution is 2.18. The fraction of sp³-hybridized carbons (Fsp3) is 0.286. The summed E-state index contributed by atoms with van der Waals surface area (Å²) in [4.78, 5) is 30.2. The molecule has 0 aliphatic carbocycles. The third kappa shape index (κ3) is 3.67. The number of aromatic nitrogens is 6. The maximum Gasteiger partial charge on any atom is 0.255 e. The van der Waals surface area contributed by atoms with Crippen molar-refractivity contribution in [3.8, 4) is 5.69 Å². The first kappa shape index (κ1) is 18.4. The van der Waals surface area contributed by atoms with E-state index < -0.39 is 0 Å². The molecular formula is C21H22N8O. The molecular weight excluding hydrogens is 380 g/mol. The number of fused-ring (bicyclic) bond motifs is 1. The molecule has 4 aromatic rings. The molecule has 0 radical (unpaired) electrons. The number of rotatable bonds is 5. The fourth-order valence-electron chi connectivity index (χ4n) is 3.74. The highest BCUT2D eigenvalue weighted by molar-refractivity contribution is 5.96. The molecule has 1 aliphatic rings. The van der Waals surface area contributed by atoms with Gasteiger partial charge in [0.05, 0.1) is 12.1 Å². The van der Waals surface area contributed by atoms with E-state index in [1.54, 1.807) is 25.2 Å². The molecule has 0 unspecified atom stereocenters. The molecule has 9 heteroatoms. The fourth-order valence-corrected chi connectivity index (χ4v) is 3.74. The lowest BCUT2D eigenvalue weighted by Gasteiger charge is -2.34. The third-order valence-corrected chi connectivity index (χ3v) is 5.44. The zero-order valence-corrected chi connectivity index (χ0v) is 16.5. The topological polar surface area (TPSA) is 85.0 Å². The summed E-state index contributed by atoms with van der Waals surface area (Å²) in [5.74, 6) is 0.00888. The molecule has 0 N–H and O–H groups in total. The van der Waals surface area contributed by atoms with E-state index in [1.165, 1.54) is 0 Å². The van der Waals surface area contributed by atoms with E-state index >= 15 is 0 Å². The minimum absolute atomic E-state index is 0.00888. The molecule has 0 spiro atoms. The molecule has 1 amide bonds. The molecule has 4 heterocycles. The standard InChI is InChI=1S/C21H22N8O/c30-21(27-9-6-26(7-10-27)8-11-28-15-22-14-25-28)17-12-19-20(23-13-17)29(16-24-19)18-4-2-1-3-5-18/h1-5,12-16H,6-11H2. The van der Waals surface area contributed by atoms with Crippen LogP contribution in [0.5, 0.6) is 0 Å². The lowest BCUT2D eigenvalue weighted by atomic mass is 10.2. The number of pyridine rings is 1. The van der Waals surface area contributed by atoms with E-state index in [9.17, 15) is 4.79 Å². The van der Waals surface area contributed by atoms with Crippen LogP contribution in [0, 0.1) is 0 Å². The lowest BCUT2D eigenvalue weighted by molar-refractivity contribution is 0.0631. The Hall–Kier alpha value is -3.59. The van der Waals surface area contributed by atoms with Crippen LogP contribution in [-0.2, 0) is 6.54 Å². The van der Waals surface area contributed by atoms with Gasteiger partial charge >= 0.3 is 0 Å². The molecule has 1 saturated heterocycles. The van der Waals surface area contributed by atoms with E-state index in [0.29, 0.717) is 18.7 Å². The van der Waals surface area contributed by atoms with Crippen molar-refractivity contribution < 1.29 is 4.79 Å². The Bertz CT molecular complexity index is 1130. The van der Waals surface area contributed by atoms with Crippen molar-refractivity contribution in [2.45, 2.75) is 6.54 Å². The van der Waals surface area contributed by atoms with E-state index in [0.717, 1.165) is 43.0 Å². The SMILES string of the molecule is O=C(c1cnc2c(c1)ncn2-c1ccccc1)N1CCN(CCn2cncn2)CC1. The summed E-state index contributed by atoms with van der Waals surface area (Å²) in [5.41, 5.74) is 3.04. The van der Waals surface area contributed by atoms with Gasteiger partial charge in [-0.3, -0.25) is 18.9 Å². The number of carbonyl (C=O) groups is 1. The molecule has 5 rings (SSSR count). The van der Waals surface area contributed by atoms with Gasteiger partial charge in [-0.25, -0.2) is 15.0 Å². The van der Waals surface area contributed by atoms with Crippen molar-refractivity contribution in [1.29, 1.82) is 0 Å². The van der Waals surface area contributed by atoms with Gasteiger partial charge in [0.1, 0.15) is 24.5 Å². The predicted octanol–water partition coefficient (Wildman–Crippen LogP) is 1.47. The molecule has 1 fully saturated rings. The van der Waals surface area contributed by atoms with E-state index in [4.69, 9.17) is 0 Å². The maximum absolute atomic E-state index is 13.0. The van der Waals surface area contributed by atoms with Crippen LogP contribution >= 0.6 is 0 Å². The Morgan fingerprint density at radius 2 is 1.80 bits per heavy atom. The average Bonchev–Trinajstić information content (AvgIpc) is 3.47. The Morgan fingerprint density at radius 3 is 2.57 bits per heavy atom. The zero-order valence-electron chi connectivity index (χ0n) is 16.5. The maximum atomic E-state index is 13.0. The van der Waals surface area contributed by atoms with Gasteiger partial charge in [0.15, 0.2) is 5.65 Å². The Morgan fingerprint density at radius 1 is 0.967 bits per heavy atom. The van der Waals surface area contributed by atoms with Gasteiger partial charge in [-0.1, -0.05) is 18.2 Å². The monoisotopic (exact) mass is 402 g/mol. The zero-order chi connectivity index (χ0) is 20.3. The normalized spacial score (nSPS) is 15.0. The van der Waals surface area contributed by atoms with Gasteiger partial charge < -0.3 is 4.90 Å². The van der Waals surface area contributed by atoms with Crippen LogP contribution in [0.25, 0.3) is 16.9 Å². The largest absolute Gasteiger partial charge is 0.336 e. The first-order valence-corrected chi connectivity index (χ1v) is 10.0. The second kappa shape index (κ2) is 8.03. The van der Waals surface area contributed by atoms with E-state index in [-0.39, 0.29) is 5.91 Å². The predicted molar refractivity (Wildman–Crippen MR) is 111 cm³/mol. The van der Waals surface area contributed by atoms with Crippen LogP contribution in [-0.4, -0.2) is 77.7 Å². The van der Waals surface area contributed by atoms with Crippen molar-refractivity contribution >= 4 is 17.1 Å². The number of amides is 1. The summed E-state index contributed by atoms with van der Waals surface area (Å²) in [6.45, 7) is 4.80. The van der Waals surface area contributed by atoms with Crippen molar-refractivity contribution in [2.75, 3.05) is 32.7 Å². The van der Waals surface area contributed by atoms with Gasteiger partial charge in [-0.05, 0) is 18.2 Å². The summed E-state index contributed by atoms with van der Waals surface area (Å²) in [5, 5.41) is 4.13. The highest BCUT2D eigenvalue weighted by Gasteiger charge is 2.23. The van der Waals surface area contributed by atoms with Gasteiger partial charge in [0, 0.05) is 44.6 Å². The van der Waals surface area contributed by atoms with Crippen molar-refractivity contribution in [2.24, 2.45) is 0 Å². The van der Waals surface area contributed by atoms with Crippen LogP contribution in [0.2, 0.25) is 0 Å². The van der Waals surface area contributed by atoms with E-state index in [2.05, 4.69) is 25.0 Å². The van der Waals surface area contributed by atoms with Crippen LogP contribution in [0.3, 0.4) is 0 Å². The Balaban J connectivity index is 1.24. The third-order valence-electron chi connectivity index (χ3n) is 5.44. The van der Waals surface area contributed by atoms with Gasteiger partial charge in [-0.15, -0.1) is 0 Å². The highest BCUT2D eigenvalue weighted by atomic mass is 16.2. The molecule has 0 bridgehead atoms. The van der Waals surface area contributed by atoms with Crippen molar-refractivity contribution in [3.05, 3.63) is 67.1 Å². The van der Waals surface area contributed by atoms with Crippen molar-refractivity contribution in [1.82, 2.24) is 39.1 Å². The van der Waals surface area contributed by atoms with Gasteiger partial charge in [-0.2, -0.15) is 5.10 Å². The smallest absolute Gasteiger partial charge is 0.255 e. The summed E-state index contributed by atoms with van der Waals surface area (Å²) in [7, 11) is 0. The minimum atomic E-state index is 0.00888. The number of hydrogen-bond acceptors (Lipinski definition) is 6. The molecule has 30 heavy (non-hydrogen) atoms. The summed E-state index contributed by atoms with van der Waals surface area (Å²) in [6.07, 6.45) is 6.67. The quantitative estimate of drug-likeness (QED) is 0.503. The number of imidazole rings is 1. The lowest BCUT2D eigenvalue weighted by Crippen LogP contribution is -2.49. The number of para-hydroxylation sites is 1. The Labute approximate surface area is 173 Å². The van der Waals surface area contributed by atoms with Gasteiger partial charge in [0.25, 0.3) is 5.91 Å². The molecule has 1 aromatic carbocycles. The molecule has 3 aromatic heterocycles. The first-order valence-electron chi connectivity index (χ1n) is 10.0. The molecule has 0 saturated carbocycles. The molecule has 9 nitrogen and oxygen atoms in total. The molecule has 0 atom stereocenters. The van der Waals surface area contributed by atoms with Crippen LogP contribution < -0.4 is 0 Å². The minimum Gasteiger partial charge on any atom is -0.336 e. The number of benzene rings is 1. The number of carbonyl (C=O) groups excluding carboxylic acids is 1. The summed E-state index contributed by atoms with van der Waals surface area (Å²) in [6, 6.07) is 11.8. The van der Waals surface area contributed by atoms with Gasteiger partial charge in [0.2, 0.25) is 0 Å². The molecule has 1 aliphatic heterocycles. The van der Waals surface area contributed by atoms with Crippen molar-refractivity contribution in [3.63, 3.8) is 0 Å². The number of hydrogen-bond donors (Lipinski definition) is 0. The number of nitrogens with zero attached hydrogens (tertiary/aromatic N) is 8. The number of piperazine rings is 1. The second-order valence-electron chi connectivity index (χ2n) is 7.31. The van der Waals surface area contributed by atoms with Crippen LogP contribution in [0.15, 0.2) is 61.6 Å². The van der Waals surface area contributed by atoms with E-state index in [1.807, 2.05) is 50.5 Å². The summed E-state index contributed by atoms with van der Waals surface area (Å²) >= 11 is 0. The first-order chi connectivity index (χ1) is 14.8. The van der Waals surface area contributed by atoms with Crippen LogP contribution in [0.1, 0.15) is 10.4 Å². The molecule has 152 valence electrons. The second-order valence-corrected chi connectivity index (χ2v) is 7.31. The average molecular weight is 402 g/mol. The van der Waals surface area contributed by atoms with Crippen LogP contribution in [0.4, 0.5) is 0 Å². The Kier molecular flexibility index (Phi) is 4.94. The summed E-state index contributed by atoms with van der Waals surface area (Å²) < 4.78 is 3.75.